The van der Waals surface area contributed by atoms with Crippen LogP contribution in [0.15, 0.2) is 35.2 Å². The molecule has 3 aromatic heterocycles. The summed E-state index contributed by atoms with van der Waals surface area (Å²) in [6.07, 6.45) is 7.92. The van der Waals surface area contributed by atoms with E-state index in [4.69, 9.17) is 16.3 Å². The molecule has 8 heteroatoms. The van der Waals surface area contributed by atoms with Crippen molar-refractivity contribution in [2.45, 2.75) is 37.8 Å². The third-order valence-corrected chi connectivity index (χ3v) is 5.07. The summed E-state index contributed by atoms with van der Waals surface area (Å²) in [5.74, 6) is 0.205. The van der Waals surface area contributed by atoms with Crippen LogP contribution in [0.3, 0.4) is 0 Å². The highest BCUT2D eigenvalue weighted by Gasteiger charge is 2.25. The maximum absolute atomic E-state index is 13.1. The van der Waals surface area contributed by atoms with E-state index in [0.29, 0.717) is 11.0 Å². The fraction of sp³-hybridized carbons (Fsp3) is 0.353. The van der Waals surface area contributed by atoms with Crippen LogP contribution in [0.2, 0.25) is 5.15 Å². The average molecular weight is 426 g/mol. The lowest BCUT2D eigenvalue weighted by Gasteiger charge is -2.29. The van der Waals surface area contributed by atoms with E-state index in [1.165, 1.54) is 12.4 Å². The van der Waals surface area contributed by atoms with Crippen LogP contribution in [0.1, 0.15) is 31.7 Å². The van der Waals surface area contributed by atoms with Crippen molar-refractivity contribution in [2.24, 2.45) is 0 Å². The zero-order valence-corrected chi connectivity index (χ0v) is 15.5. The fourth-order valence-corrected chi connectivity index (χ4v) is 3.74. The van der Waals surface area contributed by atoms with Gasteiger partial charge in [0.1, 0.15) is 11.3 Å². The average Bonchev–Trinajstić information content (AvgIpc) is 3.02. The number of rotatable bonds is 3. The van der Waals surface area contributed by atoms with Crippen molar-refractivity contribution >= 4 is 38.4 Å². The molecule has 3 heterocycles. The molecule has 0 spiro atoms. The Hall–Kier alpha value is -1.73. The standard InChI is InChI=1S/C17H15BrClFN4O/c18-10-5-14-15(21-7-10)6-16(19)23-17(14)25-13-3-1-12(2-4-13)24-9-11(20)8-22-24/h5-9,12-13H,1-4H2. The van der Waals surface area contributed by atoms with Gasteiger partial charge in [0.25, 0.3) is 0 Å². The van der Waals surface area contributed by atoms with Crippen LogP contribution in [-0.2, 0) is 0 Å². The van der Waals surface area contributed by atoms with Crippen molar-refractivity contribution in [3.63, 3.8) is 0 Å². The molecule has 25 heavy (non-hydrogen) atoms. The van der Waals surface area contributed by atoms with Crippen LogP contribution < -0.4 is 4.74 Å². The minimum Gasteiger partial charge on any atom is -0.474 e. The molecule has 5 nitrogen and oxygen atoms in total. The van der Waals surface area contributed by atoms with Crippen LogP contribution >= 0.6 is 27.5 Å². The summed E-state index contributed by atoms with van der Waals surface area (Å²) >= 11 is 9.52. The lowest BCUT2D eigenvalue weighted by molar-refractivity contribution is 0.126. The van der Waals surface area contributed by atoms with E-state index in [2.05, 4.69) is 31.0 Å². The molecule has 0 aliphatic heterocycles. The summed E-state index contributed by atoms with van der Waals surface area (Å²) in [7, 11) is 0. The SMILES string of the molecule is Fc1cnn(C2CCC(Oc3nc(Cl)cc4ncc(Br)cc34)CC2)c1. The first-order chi connectivity index (χ1) is 12.1. The Bertz CT molecular complexity index is 911. The Labute approximate surface area is 157 Å². The molecule has 0 bridgehead atoms. The quantitative estimate of drug-likeness (QED) is 0.558. The molecule has 0 amide bonds. The number of nitrogens with zero attached hydrogens (tertiary/aromatic N) is 4. The Morgan fingerprint density at radius 3 is 2.72 bits per heavy atom. The Morgan fingerprint density at radius 1 is 1.20 bits per heavy atom. The van der Waals surface area contributed by atoms with Gasteiger partial charge in [-0.05, 0) is 47.7 Å². The molecule has 0 N–H and O–H groups in total. The number of halogens is 3. The molecule has 0 radical (unpaired) electrons. The molecule has 130 valence electrons. The minimum atomic E-state index is -0.300. The second-order valence-corrected chi connectivity index (χ2v) is 7.46. The topological polar surface area (TPSA) is 52.8 Å². The maximum Gasteiger partial charge on any atom is 0.224 e. The van der Waals surface area contributed by atoms with Gasteiger partial charge in [0, 0.05) is 16.7 Å². The third-order valence-electron chi connectivity index (χ3n) is 4.45. The van der Waals surface area contributed by atoms with Gasteiger partial charge in [-0.1, -0.05) is 11.6 Å². The van der Waals surface area contributed by atoms with Gasteiger partial charge < -0.3 is 4.74 Å². The highest BCUT2D eigenvalue weighted by molar-refractivity contribution is 9.10. The maximum atomic E-state index is 13.1. The molecule has 1 aliphatic rings. The van der Waals surface area contributed by atoms with Gasteiger partial charge in [0.15, 0.2) is 5.82 Å². The van der Waals surface area contributed by atoms with Crippen LogP contribution in [0.4, 0.5) is 4.39 Å². The molecule has 1 fully saturated rings. The molecule has 0 atom stereocenters. The normalized spacial score (nSPS) is 20.8. The van der Waals surface area contributed by atoms with E-state index < -0.39 is 0 Å². The van der Waals surface area contributed by atoms with Gasteiger partial charge in [-0.25, -0.2) is 9.37 Å². The first-order valence-corrected chi connectivity index (χ1v) is 9.24. The number of fused-ring (bicyclic) bond motifs is 1. The smallest absolute Gasteiger partial charge is 0.224 e. The first-order valence-electron chi connectivity index (χ1n) is 8.06. The van der Waals surface area contributed by atoms with E-state index in [-0.39, 0.29) is 18.0 Å². The number of pyridine rings is 2. The van der Waals surface area contributed by atoms with Gasteiger partial charge in [-0.2, -0.15) is 5.10 Å². The summed E-state index contributed by atoms with van der Waals surface area (Å²) in [6, 6.07) is 3.86. The van der Waals surface area contributed by atoms with Crippen molar-refractivity contribution in [1.29, 1.82) is 0 Å². The molecular formula is C17H15BrClFN4O. The van der Waals surface area contributed by atoms with Gasteiger partial charge in [0.05, 0.1) is 29.3 Å². The summed E-state index contributed by atoms with van der Waals surface area (Å²) in [5.41, 5.74) is 0.749. The van der Waals surface area contributed by atoms with Crippen molar-refractivity contribution < 1.29 is 9.13 Å². The van der Waals surface area contributed by atoms with Gasteiger partial charge in [0.2, 0.25) is 5.88 Å². The van der Waals surface area contributed by atoms with Crippen molar-refractivity contribution in [2.75, 3.05) is 0 Å². The Balaban J connectivity index is 1.50. The van der Waals surface area contributed by atoms with E-state index in [9.17, 15) is 4.39 Å². The molecule has 4 rings (SSSR count). The number of hydrogen-bond acceptors (Lipinski definition) is 4. The van der Waals surface area contributed by atoms with E-state index >= 15 is 0 Å². The number of ether oxygens (including phenoxy) is 1. The van der Waals surface area contributed by atoms with Crippen molar-refractivity contribution in [1.82, 2.24) is 19.7 Å². The monoisotopic (exact) mass is 424 g/mol. The molecule has 0 unspecified atom stereocenters. The Kier molecular flexibility index (Phi) is 4.60. The second kappa shape index (κ2) is 6.88. The predicted octanol–water partition coefficient (Wildman–Crippen LogP) is 4.94. The third kappa shape index (κ3) is 3.62. The molecule has 0 aromatic carbocycles. The lowest BCUT2D eigenvalue weighted by atomic mass is 9.93. The molecule has 1 saturated carbocycles. The zero-order valence-electron chi connectivity index (χ0n) is 13.2. The fourth-order valence-electron chi connectivity index (χ4n) is 3.23. The Morgan fingerprint density at radius 2 is 2.00 bits per heavy atom. The van der Waals surface area contributed by atoms with Crippen LogP contribution in [-0.4, -0.2) is 25.9 Å². The number of hydrogen-bond donors (Lipinski definition) is 0. The van der Waals surface area contributed by atoms with E-state index in [1.54, 1.807) is 16.9 Å². The van der Waals surface area contributed by atoms with Crippen LogP contribution in [0, 0.1) is 5.82 Å². The van der Waals surface area contributed by atoms with Crippen LogP contribution in [0.5, 0.6) is 5.88 Å². The van der Waals surface area contributed by atoms with E-state index in [1.807, 2.05) is 6.07 Å². The number of aromatic nitrogens is 4. The molecule has 1 aliphatic carbocycles. The molecule has 3 aromatic rings. The zero-order chi connectivity index (χ0) is 17.4. The van der Waals surface area contributed by atoms with Crippen LogP contribution in [0.25, 0.3) is 10.9 Å². The summed E-state index contributed by atoms with van der Waals surface area (Å²) in [4.78, 5) is 8.68. The predicted molar refractivity (Wildman–Crippen MR) is 96.4 cm³/mol. The first kappa shape index (κ1) is 16.7. The highest BCUT2D eigenvalue weighted by atomic mass is 79.9. The lowest BCUT2D eigenvalue weighted by Crippen LogP contribution is -2.26. The summed E-state index contributed by atoms with van der Waals surface area (Å²) in [6.45, 7) is 0. The second-order valence-electron chi connectivity index (χ2n) is 6.16. The molecular weight excluding hydrogens is 411 g/mol. The largest absolute Gasteiger partial charge is 0.474 e. The van der Waals surface area contributed by atoms with Gasteiger partial charge in [-0.15, -0.1) is 0 Å². The van der Waals surface area contributed by atoms with Gasteiger partial charge >= 0.3 is 0 Å². The van der Waals surface area contributed by atoms with Crippen molar-refractivity contribution in [3.8, 4) is 5.88 Å². The summed E-state index contributed by atoms with van der Waals surface area (Å²) < 4.78 is 21.8. The minimum absolute atomic E-state index is 0.0461. The van der Waals surface area contributed by atoms with Crippen molar-refractivity contribution in [3.05, 3.63) is 46.2 Å². The molecule has 0 saturated heterocycles. The van der Waals surface area contributed by atoms with Gasteiger partial charge in [-0.3, -0.25) is 9.67 Å². The van der Waals surface area contributed by atoms with E-state index in [0.717, 1.165) is 41.1 Å². The summed E-state index contributed by atoms with van der Waals surface area (Å²) in [5, 5.41) is 5.26. The highest BCUT2D eigenvalue weighted by Crippen LogP contribution is 2.33.